The maximum atomic E-state index is 13.0. The van der Waals surface area contributed by atoms with Gasteiger partial charge in [-0.1, -0.05) is 37.3 Å². The summed E-state index contributed by atoms with van der Waals surface area (Å²) in [5, 5.41) is 2.98. The third kappa shape index (κ3) is 7.96. The van der Waals surface area contributed by atoms with Crippen LogP contribution >= 0.6 is 0 Å². The van der Waals surface area contributed by atoms with E-state index in [1.165, 1.54) is 0 Å². The average Bonchev–Trinajstić information content (AvgIpc) is 2.80. The molecule has 0 aliphatic rings. The monoisotopic (exact) mass is 426 g/mol. The van der Waals surface area contributed by atoms with Crippen molar-refractivity contribution in [3.05, 3.63) is 60.2 Å². The van der Waals surface area contributed by atoms with Crippen LogP contribution in [0.25, 0.3) is 0 Å². The minimum Gasteiger partial charge on any atom is -0.497 e. The summed E-state index contributed by atoms with van der Waals surface area (Å²) in [6, 6.07) is 16.6. The second kappa shape index (κ2) is 12.6. The van der Waals surface area contributed by atoms with E-state index >= 15 is 0 Å². The van der Waals surface area contributed by atoms with Gasteiger partial charge in [0, 0.05) is 19.0 Å². The largest absolute Gasteiger partial charge is 0.497 e. The SMILES string of the molecule is CC[C@H](C)NC(=O)[C@H](C)N(Cc1ccccc1)C(=O)CCCOc1ccc(OC)cc1. The smallest absolute Gasteiger partial charge is 0.242 e. The summed E-state index contributed by atoms with van der Waals surface area (Å²) in [7, 11) is 1.62. The molecule has 2 aromatic carbocycles. The van der Waals surface area contributed by atoms with Crippen LogP contribution in [0.4, 0.5) is 0 Å². The van der Waals surface area contributed by atoms with E-state index < -0.39 is 6.04 Å². The highest BCUT2D eigenvalue weighted by atomic mass is 16.5. The minimum atomic E-state index is -0.552. The van der Waals surface area contributed by atoms with Crippen molar-refractivity contribution in [1.29, 1.82) is 0 Å². The summed E-state index contributed by atoms with van der Waals surface area (Å²) in [6.45, 7) is 6.58. The molecule has 6 heteroatoms. The zero-order valence-corrected chi connectivity index (χ0v) is 19.0. The number of methoxy groups -OCH3 is 1. The fourth-order valence-electron chi connectivity index (χ4n) is 3.06. The standard InChI is InChI=1S/C25H34N2O4/c1-5-19(2)26-25(29)20(3)27(18-21-10-7-6-8-11-21)24(28)12-9-17-31-23-15-13-22(30-4)14-16-23/h6-8,10-11,13-16,19-20H,5,9,12,17-18H2,1-4H3,(H,26,29)/t19-,20-/m0/s1. The highest BCUT2D eigenvalue weighted by Gasteiger charge is 2.26. The third-order valence-electron chi connectivity index (χ3n) is 5.23. The van der Waals surface area contributed by atoms with Gasteiger partial charge in [-0.05, 0) is 56.5 Å². The molecule has 0 heterocycles. The van der Waals surface area contributed by atoms with E-state index in [9.17, 15) is 9.59 Å². The Morgan fingerprint density at radius 1 is 1.00 bits per heavy atom. The Hall–Kier alpha value is -3.02. The van der Waals surface area contributed by atoms with Crippen molar-refractivity contribution < 1.29 is 19.1 Å². The van der Waals surface area contributed by atoms with Gasteiger partial charge in [0.15, 0.2) is 0 Å². The fraction of sp³-hybridized carbons (Fsp3) is 0.440. The maximum Gasteiger partial charge on any atom is 0.242 e. The van der Waals surface area contributed by atoms with E-state index in [4.69, 9.17) is 9.47 Å². The molecule has 0 bridgehead atoms. The molecule has 2 aromatic rings. The quantitative estimate of drug-likeness (QED) is 0.517. The van der Waals surface area contributed by atoms with Crippen molar-refractivity contribution in [3.8, 4) is 11.5 Å². The third-order valence-corrected chi connectivity index (χ3v) is 5.23. The Kier molecular flexibility index (Phi) is 9.88. The van der Waals surface area contributed by atoms with E-state index in [1.807, 2.05) is 68.4 Å². The second-order valence-corrected chi connectivity index (χ2v) is 7.63. The van der Waals surface area contributed by atoms with Crippen molar-refractivity contribution >= 4 is 11.8 Å². The molecular formula is C25H34N2O4. The van der Waals surface area contributed by atoms with Crippen LogP contribution in [-0.2, 0) is 16.1 Å². The predicted octanol–water partition coefficient (Wildman–Crippen LogP) is 4.19. The average molecular weight is 427 g/mol. The number of carbonyl (C=O) groups excluding carboxylic acids is 2. The van der Waals surface area contributed by atoms with Crippen LogP contribution in [0.1, 0.15) is 45.6 Å². The molecule has 0 spiro atoms. The van der Waals surface area contributed by atoms with E-state index in [0.29, 0.717) is 26.0 Å². The van der Waals surface area contributed by atoms with Crippen LogP contribution in [0.3, 0.4) is 0 Å². The normalized spacial score (nSPS) is 12.5. The van der Waals surface area contributed by atoms with Crippen LogP contribution in [0.15, 0.2) is 54.6 Å². The van der Waals surface area contributed by atoms with Gasteiger partial charge in [-0.3, -0.25) is 9.59 Å². The lowest BCUT2D eigenvalue weighted by Crippen LogP contribution is -2.49. The Bertz CT molecular complexity index is 808. The molecule has 0 aliphatic carbocycles. The first-order chi connectivity index (χ1) is 14.9. The van der Waals surface area contributed by atoms with E-state index in [2.05, 4.69) is 5.32 Å². The molecule has 0 radical (unpaired) electrons. The Balaban J connectivity index is 1.95. The first kappa shape index (κ1) is 24.3. The lowest BCUT2D eigenvalue weighted by molar-refractivity contribution is -0.141. The lowest BCUT2D eigenvalue weighted by atomic mass is 10.1. The number of carbonyl (C=O) groups is 2. The number of nitrogens with zero attached hydrogens (tertiary/aromatic N) is 1. The van der Waals surface area contributed by atoms with Crippen molar-refractivity contribution in [2.75, 3.05) is 13.7 Å². The summed E-state index contributed by atoms with van der Waals surface area (Å²) in [4.78, 5) is 27.3. The zero-order valence-electron chi connectivity index (χ0n) is 19.0. The van der Waals surface area contributed by atoms with Crippen LogP contribution < -0.4 is 14.8 Å². The molecule has 0 aliphatic heterocycles. The molecule has 0 saturated carbocycles. The zero-order chi connectivity index (χ0) is 22.6. The molecule has 31 heavy (non-hydrogen) atoms. The van der Waals surface area contributed by atoms with Gasteiger partial charge in [-0.2, -0.15) is 0 Å². The Morgan fingerprint density at radius 2 is 1.65 bits per heavy atom. The molecule has 0 saturated heterocycles. The van der Waals surface area contributed by atoms with Gasteiger partial charge in [-0.15, -0.1) is 0 Å². The van der Waals surface area contributed by atoms with Gasteiger partial charge in [0.2, 0.25) is 11.8 Å². The lowest BCUT2D eigenvalue weighted by Gasteiger charge is -2.29. The fourth-order valence-corrected chi connectivity index (χ4v) is 3.06. The molecule has 1 N–H and O–H groups in total. The molecule has 2 rings (SSSR count). The van der Waals surface area contributed by atoms with Gasteiger partial charge in [-0.25, -0.2) is 0 Å². The number of benzene rings is 2. The highest BCUT2D eigenvalue weighted by Crippen LogP contribution is 2.18. The van der Waals surface area contributed by atoms with E-state index in [1.54, 1.807) is 18.9 Å². The number of ether oxygens (including phenoxy) is 2. The number of hydrogen-bond acceptors (Lipinski definition) is 4. The number of amides is 2. The minimum absolute atomic E-state index is 0.0611. The van der Waals surface area contributed by atoms with Gasteiger partial charge in [0.05, 0.1) is 13.7 Å². The van der Waals surface area contributed by atoms with Crippen LogP contribution in [-0.4, -0.2) is 42.5 Å². The van der Waals surface area contributed by atoms with Gasteiger partial charge in [0.25, 0.3) is 0 Å². The summed E-state index contributed by atoms with van der Waals surface area (Å²) < 4.78 is 10.9. The molecule has 168 valence electrons. The van der Waals surface area contributed by atoms with Crippen LogP contribution in [0.5, 0.6) is 11.5 Å². The topological polar surface area (TPSA) is 67.9 Å². The summed E-state index contributed by atoms with van der Waals surface area (Å²) in [5.41, 5.74) is 0.994. The molecule has 0 unspecified atom stereocenters. The van der Waals surface area contributed by atoms with Crippen molar-refractivity contribution in [2.45, 2.75) is 58.7 Å². The highest BCUT2D eigenvalue weighted by molar-refractivity contribution is 5.87. The molecule has 2 amide bonds. The first-order valence-electron chi connectivity index (χ1n) is 10.8. The summed E-state index contributed by atoms with van der Waals surface area (Å²) in [5.74, 6) is 1.31. The number of nitrogens with one attached hydrogen (secondary N) is 1. The van der Waals surface area contributed by atoms with Gasteiger partial charge in [0.1, 0.15) is 17.5 Å². The molecule has 0 aromatic heterocycles. The van der Waals surface area contributed by atoms with Crippen molar-refractivity contribution in [1.82, 2.24) is 10.2 Å². The Morgan fingerprint density at radius 3 is 2.26 bits per heavy atom. The molecule has 2 atom stereocenters. The predicted molar refractivity (Wildman–Crippen MR) is 122 cm³/mol. The number of hydrogen-bond donors (Lipinski definition) is 1. The van der Waals surface area contributed by atoms with E-state index in [-0.39, 0.29) is 17.9 Å². The second-order valence-electron chi connectivity index (χ2n) is 7.63. The van der Waals surface area contributed by atoms with Gasteiger partial charge < -0.3 is 19.7 Å². The summed E-state index contributed by atoms with van der Waals surface area (Å²) in [6.07, 6.45) is 1.72. The Labute approximate surface area is 185 Å². The maximum absolute atomic E-state index is 13.0. The van der Waals surface area contributed by atoms with E-state index in [0.717, 1.165) is 23.5 Å². The molecular weight excluding hydrogens is 392 g/mol. The van der Waals surface area contributed by atoms with Crippen LogP contribution in [0.2, 0.25) is 0 Å². The summed E-state index contributed by atoms with van der Waals surface area (Å²) >= 11 is 0. The first-order valence-corrected chi connectivity index (χ1v) is 10.8. The van der Waals surface area contributed by atoms with Crippen molar-refractivity contribution in [3.63, 3.8) is 0 Å². The molecule has 6 nitrogen and oxygen atoms in total. The van der Waals surface area contributed by atoms with Crippen LogP contribution in [0, 0.1) is 0 Å². The van der Waals surface area contributed by atoms with Crippen molar-refractivity contribution in [2.24, 2.45) is 0 Å². The number of rotatable bonds is 12. The van der Waals surface area contributed by atoms with Gasteiger partial charge >= 0.3 is 0 Å². The molecule has 0 fully saturated rings.